The Morgan fingerprint density at radius 3 is 2.30 bits per heavy atom. The van der Waals surface area contributed by atoms with Crippen molar-refractivity contribution in [3.63, 3.8) is 0 Å². The second-order valence-electron chi connectivity index (χ2n) is 6.48. The SMILES string of the molecule is O=S(=O)(c1ccc(Cl)cc1)C(CCCCC1CO1)c1c(F)ccc(F)c1F. The Hall–Kier alpha value is -1.57. The fraction of sp³-hybridized carbons (Fsp3) is 0.368. The average Bonchev–Trinajstić information content (AvgIpc) is 3.45. The fourth-order valence-electron chi connectivity index (χ4n) is 3.02. The largest absolute Gasteiger partial charge is 0.373 e. The molecule has 27 heavy (non-hydrogen) atoms. The van der Waals surface area contributed by atoms with Gasteiger partial charge in [-0.15, -0.1) is 0 Å². The molecule has 2 unspecified atom stereocenters. The van der Waals surface area contributed by atoms with Gasteiger partial charge in [-0.2, -0.15) is 0 Å². The molecule has 0 aromatic heterocycles. The molecule has 2 atom stereocenters. The second-order valence-corrected chi connectivity index (χ2v) is 9.05. The first-order chi connectivity index (χ1) is 12.8. The molecule has 0 spiro atoms. The molecule has 0 radical (unpaired) electrons. The van der Waals surface area contributed by atoms with Crippen LogP contribution in [0.5, 0.6) is 0 Å². The average molecular weight is 419 g/mol. The number of ether oxygens (including phenoxy) is 1. The second kappa shape index (κ2) is 8.20. The summed E-state index contributed by atoms with van der Waals surface area (Å²) < 4.78 is 73.6. The highest BCUT2D eigenvalue weighted by Gasteiger charge is 2.34. The molecule has 1 aliphatic rings. The monoisotopic (exact) mass is 418 g/mol. The van der Waals surface area contributed by atoms with E-state index in [1.165, 1.54) is 24.3 Å². The van der Waals surface area contributed by atoms with Gasteiger partial charge in [-0.05, 0) is 49.2 Å². The van der Waals surface area contributed by atoms with Crippen molar-refractivity contribution in [2.45, 2.75) is 41.9 Å². The summed E-state index contributed by atoms with van der Waals surface area (Å²) >= 11 is 5.79. The van der Waals surface area contributed by atoms with Crippen molar-refractivity contribution in [1.82, 2.24) is 0 Å². The van der Waals surface area contributed by atoms with Crippen LogP contribution in [0.3, 0.4) is 0 Å². The maximum atomic E-state index is 14.3. The van der Waals surface area contributed by atoms with Gasteiger partial charge in [0, 0.05) is 10.6 Å². The molecule has 0 saturated carbocycles. The highest BCUT2D eigenvalue weighted by Crippen LogP contribution is 2.37. The number of rotatable bonds is 8. The Bertz CT molecular complexity index is 913. The van der Waals surface area contributed by atoms with E-state index >= 15 is 0 Å². The lowest BCUT2D eigenvalue weighted by molar-refractivity contribution is 0.387. The molecule has 8 heteroatoms. The van der Waals surface area contributed by atoms with E-state index in [-0.39, 0.29) is 17.4 Å². The van der Waals surface area contributed by atoms with Crippen molar-refractivity contribution in [3.05, 3.63) is 64.4 Å². The van der Waals surface area contributed by atoms with Crippen LogP contribution in [0.25, 0.3) is 0 Å². The first-order valence-electron chi connectivity index (χ1n) is 8.55. The molecule has 1 aliphatic heterocycles. The van der Waals surface area contributed by atoms with E-state index in [1.54, 1.807) is 0 Å². The Labute approximate surface area is 161 Å². The minimum Gasteiger partial charge on any atom is -0.373 e. The van der Waals surface area contributed by atoms with Crippen molar-refractivity contribution in [1.29, 1.82) is 0 Å². The predicted molar refractivity (Wildman–Crippen MR) is 95.9 cm³/mol. The third-order valence-electron chi connectivity index (χ3n) is 4.56. The summed E-state index contributed by atoms with van der Waals surface area (Å²) in [5.41, 5.74) is -0.757. The van der Waals surface area contributed by atoms with Crippen LogP contribution >= 0.6 is 11.6 Å². The quantitative estimate of drug-likeness (QED) is 0.335. The molecule has 2 aromatic rings. The Morgan fingerprint density at radius 1 is 1.04 bits per heavy atom. The van der Waals surface area contributed by atoms with Gasteiger partial charge in [0.05, 0.1) is 22.9 Å². The van der Waals surface area contributed by atoms with Crippen LogP contribution in [0.1, 0.15) is 36.5 Å². The van der Waals surface area contributed by atoms with Crippen LogP contribution in [0.2, 0.25) is 5.02 Å². The van der Waals surface area contributed by atoms with Gasteiger partial charge >= 0.3 is 0 Å². The normalized spacial score (nSPS) is 17.7. The summed E-state index contributed by atoms with van der Waals surface area (Å²) in [6.07, 6.45) is 1.96. The number of benzene rings is 2. The third kappa shape index (κ3) is 4.65. The van der Waals surface area contributed by atoms with Crippen LogP contribution in [-0.4, -0.2) is 21.1 Å². The number of hydrogen-bond acceptors (Lipinski definition) is 3. The van der Waals surface area contributed by atoms with Gasteiger partial charge in [0.15, 0.2) is 21.5 Å². The number of unbranched alkanes of at least 4 members (excludes halogenated alkanes) is 1. The van der Waals surface area contributed by atoms with Crippen molar-refractivity contribution in [3.8, 4) is 0 Å². The summed E-state index contributed by atoms with van der Waals surface area (Å²) in [4.78, 5) is -0.120. The van der Waals surface area contributed by atoms with Gasteiger partial charge in [0.1, 0.15) is 5.82 Å². The van der Waals surface area contributed by atoms with Crippen LogP contribution in [-0.2, 0) is 14.6 Å². The topological polar surface area (TPSA) is 46.7 Å². The molecule has 3 rings (SSSR count). The smallest absolute Gasteiger partial charge is 0.185 e. The molecule has 3 nitrogen and oxygen atoms in total. The van der Waals surface area contributed by atoms with Gasteiger partial charge in [-0.25, -0.2) is 21.6 Å². The van der Waals surface area contributed by atoms with E-state index in [0.29, 0.717) is 30.5 Å². The van der Waals surface area contributed by atoms with Crippen molar-refractivity contribution >= 4 is 21.4 Å². The fourth-order valence-corrected chi connectivity index (χ4v) is 4.99. The van der Waals surface area contributed by atoms with Crippen molar-refractivity contribution < 1.29 is 26.3 Å². The van der Waals surface area contributed by atoms with Gasteiger partial charge in [-0.3, -0.25) is 0 Å². The van der Waals surface area contributed by atoms with E-state index < -0.39 is 38.1 Å². The molecule has 0 aliphatic carbocycles. The summed E-state index contributed by atoms with van der Waals surface area (Å²) in [6.45, 7) is 0.680. The minimum atomic E-state index is -4.15. The van der Waals surface area contributed by atoms with Crippen LogP contribution in [0, 0.1) is 17.5 Å². The maximum Gasteiger partial charge on any atom is 0.185 e. The Kier molecular flexibility index (Phi) is 6.13. The molecule has 1 fully saturated rings. The number of halogens is 4. The van der Waals surface area contributed by atoms with E-state index in [0.717, 1.165) is 12.5 Å². The summed E-state index contributed by atoms with van der Waals surface area (Å²) in [5.74, 6) is -3.83. The van der Waals surface area contributed by atoms with E-state index in [9.17, 15) is 21.6 Å². The zero-order valence-electron chi connectivity index (χ0n) is 14.3. The van der Waals surface area contributed by atoms with Crippen LogP contribution in [0.4, 0.5) is 13.2 Å². The lowest BCUT2D eigenvalue weighted by Crippen LogP contribution is -2.18. The number of epoxide rings is 1. The van der Waals surface area contributed by atoms with Gasteiger partial charge in [0.25, 0.3) is 0 Å². The highest BCUT2D eigenvalue weighted by molar-refractivity contribution is 7.91. The molecule has 0 amide bonds. The van der Waals surface area contributed by atoms with Crippen LogP contribution < -0.4 is 0 Å². The van der Waals surface area contributed by atoms with E-state index in [4.69, 9.17) is 16.3 Å². The lowest BCUT2D eigenvalue weighted by Gasteiger charge is -2.20. The summed E-state index contributed by atoms with van der Waals surface area (Å²) in [7, 11) is -4.15. The van der Waals surface area contributed by atoms with Gasteiger partial charge < -0.3 is 4.74 Å². The maximum absolute atomic E-state index is 14.3. The lowest BCUT2D eigenvalue weighted by atomic mass is 10.0. The third-order valence-corrected chi connectivity index (χ3v) is 6.96. The number of hydrogen-bond donors (Lipinski definition) is 0. The molecule has 0 bridgehead atoms. The zero-order chi connectivity index (χ0) is 19.6. The minimum absolute atomic E-state index is 0.0328. The van der Waals surface area contributed by atoms with Gasteiger partial charge in [-0.1, -0.05) is 24.4 Å². The van der Waals surface area contributed by atoms with E-state index in [1.807, 2.05) is 0 Å². The molecular formula is C19H18ClF3O3S. The Morgan fingerprint density at radius 2 is 1.67 bits per heavy atom. The Balaban J connectivity index is 1.96. The highest BCUT2D eigenvalue weighted by atomic mass is 35.5. The molecule has 1 heterocycles. The molecular weight excluding hydrogens is 401 g/mol. The van der Waals surface area contributed by atoms with Crippen LogP contribution in [0.15, 0.2) is 41.3 Å². The molecule has 146 valence electrons. The van der Waals surface area contributed by atoms with Crippen molar-refractivity contribution in [2.24, 2.45) is 0 Å². The molecule has 2 aromatic carbocycles. The summed E-state index contributed by atoms with van der Waals surface area (Å²) in [5, 5.41) is -1.20. The first kappa shape index (κ1) is 20.2. The molecule has 0 N–H and O–H groups in total. The first-order valence-corrected chi connectivity index (χ1v) is 10.5. The van der Waals surface area contributed by atoms with Crippen molar-refractivity contribution in [2.75, 3.05) is 6.61 Å². The molecule has 1 saturated heterocycles. The number of sulfone groups is 1. The van der Waals surface area contributed by atoms with E-state index in [2.05, 4.69) is 0 Å². The van der Waals surface area contributed by atoms with Gasteiger partial charge in [0.2, 0.25) is 0 Å². The zero-order valence-corrected chi connectivity index (χ0v) is 15.9. The standard InChI is InChI=1S/C19H18ClF3O3S/c20-12-5-7-14(8-6-12)27(24,25)17(4-2-1-3-13-11-26-13)18-15(21)9-10-16(22)19(18)23/h5-10,13,17H,1-4,11H2. The summed E-state index contributed by atoms with van der Waals surface area (Å²) in [6, 6.07) is 6.71. The predicted octanol–water partition coefficient (Wildman–Crippen LogP) is 5.23.